The van der Waals surface area contributed by atoms with E-state index >= 15 is 0 Å². The van der Waals surface area contributed by atoms with E-state index in [0.717, 1.165) is 31.2 Å². The molecule has 1 saturated heterocycles. The van der Waals surface area contributed by atoms with Gasteiger partial charge in [-0.15, -0.1) is 0 Å². The molecule has 1 saturated carbocycles. The van der Waals surface area contributed by atoms with E-state index in [-0.39, 0.29) is 24.2 Å². The fourth-order valence-electron chi connectivity index (χ4n) is 3.84. The van der Waals surface area contributed by atoms with Crippen molar-refractivity contribution >= 4 is 28.6 Å². The zero-order valence-corrected chi connectivity index (χ0v) is 15.0. The Labute approximate surface area is 151 Å². The van der Waals surface area contributed by atoms with Crippen molar-refractivity contribution in [1.82, 2.24) is 19.5 Å². The summed E-state index contributed by atoms with van der Waals surface area (Å²) in [6.45, 7) is 0.0351. The van der Waals surface area contributed by atoms with E-state index in [1.54, 1.807) is 6.33 Å². The van der Waals surface area contributed by atoms with Crippen molar-refractivity contribution in [3.63, 3.8) is 0 Å². The number of hydrogen-bond acceptors (Lipinski definition) is 6. The summed E-state index contributed by atoms with van der Waals surface area (Å²) in [5.41, 5.74) is 1.41. The first-order valence-corrected chi connectivity index (χ1v) is 9.55. The van der Waals surface area contributed by atoms with Crippen LogP contribution in [-0.2, 0) is 4.74 Å². The van der Waals surface area contributed by atoms with Crippen LogP contribution >= 0.6 is 11.6 Å². The van der Waals surface area contributed by atoms with Crippen LogP contribution in [0.2, 0.25) is 5.28 Å². The smallest absolute Gasteiger partial charge is 0.226 e. The first kappa shape index (κ1) is 17.0. The molecule has 0 unspecified atom stereocenters. The molecular formula is C17H24ClN5O2. The molecule has 2 atom stereocenters. The molecule has 0 spiro atoms. The molecule has 1 aliphatic heterocycles. The third kappa shape index (κ3) is 3.59. The first-order valence-electron chi connectivity index (χ1n) is 9.17. The van der Waals surface area contributed by atoms with Gasteiger partial charge in [0.25, 0.3) is 0 Å². The van der Waals surface area contributed by atoms with Gasteiger partial charge in [0, 0.05) is 6.04 Å². The normalized spacial score (nSPS) is 25.4. The number of nitrogens with one attached hydrogen (secondary N) is 1. The van der Waals surface area contributed by atoms with Crippen LogP contribution in [0.15, 0.2) is 6.33 Å². The topological polar surface area (TPSA) is 85.1 Å². The molecule has 0 bridgehead atoms. The van der Waals surface area contributed by atoms with Crippen LogP contribution in [0.5, 0.6) is 0 Å². The zero-order valence-electron chi connectivity index (χ0n) is 14.2. The Morgan fingerprint density at radius 2 is 1.96 bits per heavy atom. The molecule has 2 aromatic heterocycles. The summed E-state index contributed by atoms with van der Waals surface area (Å²) in [5, 5.41) is 13.0. The van der Waals surface area contributed by atoms with Crippen LogP contribution in [0.3, 0.4) is 0 Å². The minimum absolute atomic E-state index is 0.0351. The Balaban J connectivity index is 1.62. The number of rotatable bonds is 4. The lowest BCUT2D eigenvalue weighted by Crippen LogP contribution is -2.19. The molecule has 1 aliphatic carbocycles. The van der Waals surface area contributed by atoms with Gasteiger partial charge in [-0.05, 0) is 37.3 Å². The van der Waals surface area contributed by atoms with Crippen molar-refractivity contribution in [2.45, 2.75) is 69.7 Å². The Kier molecular flexibility index (Phi) is 5.05. The molecule has 25 heavy (non-hydrogen) atoms. The number of aliphatic hydroxyl groups excluding tert-OH is 1. The molecule has 2 aromatic rings. The van der Waals surface area contributed by atoms with E-state index in [4.69, 9.17) is 16.3 Å². The standard InChI is InChI=1S/C17H24ClN5O2/c18-17-21-15(20-11-5-3-1-2-4-6-11)14-16(22-17)23(10-19-14)13-8-7-12(9-24)25-13/h10-13,24H,1-9H2,(H,20,21,22)/t12-,13+/m0/s1. The third-order valence-corrected chi connectivity index (χ3v) is 5.36. The summed E-state index contributed by atoms with van der Waals surface area (Å²) in [4.78, 5) is 13.3. The predicted molar refractivity (Wildman–Crippen MR) is 95.7 cm³/mol. The maximum atomic E-state index is 9.28. The van der Waals surface area contributed by atoms with E-state index in [0.29, 0.717) is 17.5 Å². The lowest BCUT2D eigenvalue weighted by Gasteiger charge is -2.17. The third-order valence-electron chi connectivity index (χ3n) is 5.19. The van der Waals surface area contributed by atoms with Gasteiger partial charge in [-0.25, -0.2) is 4.98 Å². The zero-order chi connectivity index (χ0) is 17.2. The van der Waals surface area contributed by atoms with E-state index in [9.17, 15) is 5.11 Å². The fourth-order valence-corrected chi connectivity index (χ4v) is 4.01. The average molecular weight is 366 g/mol. The molecule has 4 rings (SSSR count). The summed E-state index contributed by atoms with van der Waals surface area (Å²) in [6.07, 6.45) is 10.5. The van der Waals surface area contributed by atoms with Crippen molar-refractivity contribution in [2.24, 2.45) is 0 Å². The molecule has 2 fully saturated rings. The second kappa shape index (κ2) is 7.43. The maximum Gasteiger partial charge on any atom is 0.226 e. The van der Waals surface area contributed by atoms with Gasteiger partial charge in [0.1, 0.15) is 6.23 Å². The average Bonchev–Trinajstić information content (AvgIpc) is 3.16. The summed E-state index contributed by atoms with van der Waals surface area (Å²) in [6, 6.07) is 0.406. The summed E-state index contributed by atoms with van der Waals surface area (Å²) >= 11 is 6.18. The molecule has 136 valence electrons. The fraction of sp³-hybridized carbons (Fsp3) is 0.706. The van der Waals surface area contributed by atoms with Crippen molar-refractivity contribution in [2.75, 3.05) is 11.9 Å². The van der Waals surface area contributed by atoms with Crippen LogP contribution in [0.25, 0.3) is 11.2 Å². The lowest BCUT2D eigenvalue weighted by molar-refractivity contribution is -0.0207. The van der Waals surface area contributed by atoms with Gasteiger partial charge in [-0.2, -0.15) is 9.97 Å². The number of imidazole rings is 1. The molecule has 0 radical (unpaired) electrons. The molecule has 0 amide bonds. The lowest BCUT2D eigenvalue weighted by atomic mass is 10.1. The second-order valence-electron chi connectivity index (χ2n) is 6.97. The van der Waals surface area contributed by atoms with Crippen LogP contribution in [0.4, 0.5) is 5.82 Å². The molecular weight excluding hydrogens is 342 g/mol. The van der Waals surface area contributed by atoms with Gasteiger partial charge in [0.15, 0.2) is 17.0 Å². The highest BCUT2D eigenvalue weighted by Gasteiger charge is 2.28. The monoisotopic (exact) mass is 365 g/mol. The highest BCUT2D eigenvalue weighted by molar-refractivity contribution is 6.28. The molecule has 3 heterocycles. The van der Waals surface area contributed by atoms with Crippen molar-refractivity contribution in [3.8, 4) is 0 Å². The van der Waals surface area contributed by atoms with Crippen molar-refractivity contribution < 1.29 is 9.84 Å². The van der Waals surface area contributed by atoms with Crippen molar-refractivity contribution in [1.29, 1.82) is 0 Å². The second-order valence-corrected chi connectivity index (χ2v) is 7.31. The quantitative estimate of drug-likeness (QED) is 0.638. The van der Waals surface area contributed by atoms with Crippen LogP contribution in [0, 0.1) is 0 Å². The summed E-state index contributed by atoms with van der Waals surface area (Å²) in [5.74, 6) is 0.706. The highest BCUT2D eigenvalue weighted by Crippen LogP contribution is 2.32. The Bertz CT molecular complexity index is 729. The SMILES string of the molecule is OC[C@@H]1CC[C@H](n2cnc3c(NC4CCCCCC4)nc(Cl)nc32)O1. The molecule has 2 N–H and O–H groups in total. The van der Waals surface area contributed by atoms with E-state index in [1.807, 2.05) is 4.57 Å². The number of aromatic nitrogens is 4. The first-order chi connectivity index (χ1) is 12.2. The number of aliphatic hydroxyl groups is 1. The molecule has 2 aliphatic rings. The Morgan fingerprint density at radius 3 is 2.68 bits per heavy atom. The molecule has 7 nitrogen and oxygen atoms in total. The number of ether oxygens (including phenoxy) is 1. The number of hydrogen-bond donors (Lipinski definition) is 2. The van der Waals surface area contributed by atoms with Gasteiger partial charge < -0.3 is 15.2 Å². The number of anilines is 1. The summed E-state index contributed by atoms with van der Waals surface area (Å²) < 4.78 is 7.76. The number of nitrogens with zero attached hydrogens (tertiary/aromatic N) is 4. The van der Waals surface area contributed by atoms with E-state index in [1.165, 1.54) is 25.7 Å². The van der Waals surface area contributed by atoms with Crippen LogP contribution in [-0.4, -0.2) is 43.4 Å². The Morgan fingerprint density at radius 1 is 1.16 bits per heavy atom. The van der Waals surface area contributed by atoms with Gasteiger partial charge in [0.05, 0.1) is 19.0 Å². The summed E-state index contributed by atoms with van der Waals surface area (Å²) in [7, 11) is 0. The van der Waals surface area contributed by atoms with Gasteiger partial charge in [0.2, 0.25) is 5.28 Å². The maximum absolute atomic E-state index is 9.28. The van der Waals surface area contributed by atoms with Crippen molar-refractivity contribution in [3.05, 3.63) is 11.6 Å². The minimum atomic E-state index is -0.168. The Hall–Kier alpha value is -1.44. The van der Waals surface area contributed by atoms with E-state index in [2.05, 4.69) is 20.3 Å². The number of halogens is 1. The van der Waals surface area contributed by atoms with Crippen LogP contribution in [0.1, 0.15) is 57.6 Å². The van der Waals surface area contributed by atoms with Crippen LogP contribution < -0.4 is 5.32 Å². The largest absolute Gasteiger partial charge is 0.394 e. The molecule has 8 heteroatoms. The molecule has 0 aromatic carbocycles. The highest BCUT2D eigenvalue weighted by atomic mass is 35.5. The minimum Gasteiger partial charge on any atom is -0.394 e. The van der Waals surface area contributed by atoms with E-state index < -0.39 is 0 Å². The van der Waals surface area contributed by atoms with Gasteiger partial charge >= 0.3 is 0 Å². The van der Waals surface area contributed by atoms with Gasteiger partial charge in [-0.3, -0.25) is 4.57 Å². The van der Waals surface area contributed by atoms with Gasteiger partial charge in [-0.1, -0.05) is 25.7 Å². The number of fused-ring (bicyclic) bond motifs is 1. The predicted octanol–water partition coefficient (Wildman–Crippen LogP) is 3.28.